The lowest BCUT2D eigenvalue weighted by Crippen LogP contribution is -2.30. The predicted octanol–water partition coefficient (Wildman–Crippen LogP) is 4.95. The summed E-state index contributed by atoms with van der Waals surface area (Å²) in [6.45, 7) is 7.15. The summed E-state index contributed by atoms with van der Waals surface area (Å²) in [5, 5.41) is 0.481. The number of H-pyrrole nitrogens is 1. The number of carbonyl (C=O) groups is 1. The first-order chi connectivity index (χ1) is 16.9. The lowest BCUT2D eigenvalue weighted by molar-refractivity contribution is 0.0756. The number of fused-ring (bicyclic) bond motifs is 1. The highest BCUT2D eigenvalue weighted by Crippen LogP contribution is 2.31. The van der Waals surface area contributed by atoms with Crippen LogP contribution in [0.1, 0.15) is 46.0 Å². The highest BCUT2D eigenvalue weighted by atomic mass is 32.1. The SMILES string of the molecule is CCOc1ccc(CN(CC)C(=O)c2sc3nc(Cc4ccccc4)[nH]c(=O)c3c2C)cc1OC. The number of nitrogens with zero attached hydrogens (tertiary/aromatic N) is 2. The van der Waals surface area contributed by atoms with E-state index in [0.29, 0.717) is 64.1 Å². The van der Waals surface area contributed by atoms with Crippen molar-refractivity contribution in [3.8, 4) is 11.5 Å². The summed E-state index contributed by atoms with van der Waals surface area (Å²) in [5.74, 6) is 1.77. The molecule has 1 amide bonds. The molecular weight excluding hydrogens is 462 g/mol. The molecule has 0 spiro atoms. The summed E-state index contributed by atoms with van der Waals surface area (Å²) in [5.41, 5.74) is 2.44. The third kappa shape index (κ3) is 5.22. The maximum Gasteiger partial charge on any atom is 0.264 e. The number of aryl methyl sites for hydroxylation is 1. The van der Waals surface area contributed by atoms with Crippen LogP contribution < -0.4 is 15.0 Å². The Hall–Kier alpha value is -3.65. The fourth-order valence-electron chi connectivity index (χ4n) is 4.04. The fourth-order valence-corrected chi connectivity index (χ4v) is 5.21. The second-order valence-corrected chi connectivity index (χ2v) is 9.15. The molecule has 1 N–H and O–H groups in total. The molecule has 7 nitrogen and oxygen atoms in total. The van der Waals surface area contributed by atoms with Gasteiger partial charge in [0.15, 0.2) is 11.5 Å². The molecule has 182 valence electrons. The molecule has 8 heteroatoms. The Balaban J connectivity index is 1.62. The number of ether oxygens (including phenoxy) is 2. The predicted molar refractivity (Wildman–Crippen MR) is 139 cm³/mol. The number of aromatic amines is 1. The van der Waals surface area contributed by atoms with Crippen molar-refractivity contribution < 1.29 is 14.3 Å². The number of amides is 1. The van der Waals surface area contributed by atoms with Crippen LogP contribution in [0.3, 0.4) is 0 Å². The molecule has 0 saturated heterocycles. The molecule has 0 unspecified atom stereocenters. The Morgan fingerprint density at radius 3 is 2.54 bits per heavy atom. The van der Waals surface area contributed by atoms with Gasteiger partial charge in [0.1, 0.15) is 10.7 Å². The molecule has 0 fully saturated rings. The molecule has 4 rings (SSSR count). The molecule has 35 heavy (non-hydrogen) atoms. The minimum atomic E-state index is -0.215. The minimum absolute atomic E-state index is 0.120. The summed E-state index contributed by atoms with van der Waals surface area (Å²) < 4.78 is 11.0. The average Bonchev–Trinajstić information content (AvgIpc) is 3.20. The van der Waals surface area contributed by atoms with Gasteiger partial charge >= 0.3 is 0 Å². The molecule has 2 aromatic carbocycles. The Morgan fingerprint density at radius 2 is 1.86 bits per heavy atom. The molecule has 2 heterocycles. The zero-order chi connectivity index (χ0) is 24.9. The largest absolute Gasteiger partial charge is 0.493 e. The van der Waals surface area contributed by atoms with Crippen LogP contribution in [-0.2, 0) is 13.0 Å². The monoisotopic (exact) mass is 491 g/mol. The quantitative estimate of drug-likeness (QED) is 0.358. The second kappa shape index (κ2) is 10.7. The van der Waals surface area contributed by atoms with Gasteiger partial charge in [-0.3, -0.25) is 9.59 Å². The van der Waals surface area contributed by atoms with Crippen molar-refractivity contribution in [2.75, 3.05) is 20.3 Å². The summed E-state index contributed by atoms with van der Waals surface area (Å²) in [6, 6.07) is 15.5. The average molecular weight is 492 g/mol. The molecule has 0 aliphatic carbocycles. The number of benzene rings is 2. The number of thiophene rings is 1. The van der Waals surface area contributed by atoms with Gasteiger partial charge in [-0.15, -0.1) is 11.3 Å². The number of aromatic nitrogens is 2. The van der Waals surface area contributed by atoms with Gasteiger partial charge in [-0.2, -0.15) is 0 Å². The molecule has 0 saturated carbocycles. The number of rotatable bonds is 9. The third-order valence-electron chi connectivity index (χ3n) is 5.83. The highest BCUT2D eigenvalue weighted by Gasteiger charge is 2.23. The van der Waals surface area contributed by atoms with E-state index in [0.717, 1.165) is 11.1 Å². The number of carbonyl (C=O) groups excluding carboxylic acids is 1. The van der Waals surface area contributed by atoms with Crippen LogP contribution in [0.15, 0.2) is 53.3 Å². The van der Waals surface area contributed by atoms with Crippen LogP contribution in [0.4, 0.5) is 0 Å². The number of hydrogen-bond acceptors (Lipinski definition) is 6. The van der Waals surface area contributed by atoms with Crippen LogP contribution in [0.25, 0.3) is 10.2 Å². The van der Waals surface area contributed by atoms with E-state index in [9.17, 15) is 9.59 Å². The van der Waals surface area contributed by atoms with Gasteiger partial charge in [-0.1, -0.05) is 36.4 Å². The first kappa shape index (κ1) is 24.5. The van der Waals surface area contributed by atoms with Gasteiger partial charge < -0.3 is 19.4 Å². The topological polar surface area (TPSA) is 84.5 Å². The first-order valence-electron chi connectivity index (χ1n) is 11.6. The third-order valence-corrected chi connectivity index (χ3v) is 7.00. The smallest absolute Gasteiger partial charge is 0.264 e. The van der Waals surface area contributed by atoms with Crippen LogP contribution in [0.5, 0.6) is 11.5 Å². The van der Waals surface area contributed by atoms with Crippen molar-refractivity contribution in [2.24, 2.45) is 0 Å². The number of methoxy groups -OCH3 is 1. The van der Waals surface area contributed by atoms with Crippen LogP contribution in [0, 0.1) is 6.92 Å². The van der Waals surface area contributed by atoms with Crippen LogP contribution in [0.2, 0.25) is 0 Å². The van der Waals surface area contributed by atoms with E-state index >= 15 is 0 Å². The van der Waals surface area contributed by atoms with E-state index in [4.69, 9.17) is 9.47 Å². The Morgan fingerprint density at radius 1 is 1.09 bits per heavy atom. The van der Waals surface area contributed by atoms with Crippen LogP contribution >= 0.6 is 11.3 Å². The molecule has 0 radical (unpaired) electrons. The minimum Gasteiger partial charge on any atom is -0.493 e. The highest BCUT2D eigenvalue weighted by molar-refractivity contribution is 7.20. The van der Waals surface area contributed by atoms with E-state index in [1.54, 1.807) is 12.0 Å². The first-order valence-corrected chi connectivity index (χ1v) is 12.4. The van der Waals surface area contributed by atoms with Crippen molar-refractivity contribution >= 4 is 27.5 Å². The van der Waals surface area contributed by atoms with Gasteiger partial charge in [0.2, 0.25) is 0 Å². The molecule has 2 aromatic heterocycles. The lowest BCUT2D eigenvalue weighted by atomic mass is 10.1. The normalized spacial score (nSPS) is 11.0. The molecular formula is C27H29N3O4S. The van der Waals surface area contributed by atoms with Crippen molar-refractivity contribution in [2.45, 2.75) is 33.7 Å². The molecule has 0 aliphatic heterocycles. The van der Waals surface area contributed by atoms with E-state index in [2.05, 4.69) is 9.97 Å². The van der Waals surface area contributed by atoms with Crippen molar-refractivity contribution in [3.63, 3.8) is 0 Å². The van der Waals surface area contributed by atoms with E-state index in [1.807, 2.05) is 69.3 Å². The number of nitrogens with one attached hydrogen (secondary N) is 1. The maximum absolute atomic E-state index is 13.5. The maximum atomic E-state index is 13.5. The van der Waals surface area contributed by atoms with Crippen molar-refractivity contribution in [1.29, 1.82) is 0 Å². The van der Waals surface area contributed by atoms with Crippen LogP contribution in [-0.4, -0.2) is 41.0 Å². The van der Waals surface area contributed by atoms with Crippen molar-refractivity contribution in [3.05, 3.63) is 86.3 Å². The molecule has 4 aromatic rings. The summed E-state index contributed by atoms with van der Waals surface area (Å²) in [6.07, 6.45) is 0.521. The zero-order valence-corrected chi connectivity index (χ0v) is 21.2. The summed E-state index contributed by atoms with van der Waals surface area (Å²) in [7, 11) is 1.60. The molecule has 0 aliphatic rings. The van der Waals surface area contributed by atoms with E-state index < -0.39 is 0 Å². The van der Waals surface area contributed by atoms with Gasteiger partial charge in [-0.25, -0.2) is 4.98 Å². The molecule has 0 atom stereocenters. The van der Waals surface area contributed by atoms with E-state index in [1.165, 1.54) is 11.3 Å². The fraction of sp³-hybridized carbons (Fsp3) is 0.296. The summed E-state index contributed by atoms with van der Waals surface area (Å²) >= 11 is 1.27. The van der Waals surface area contributed by atoms with Gasteiger partial charge in [0, 0.05) is 19.5 Å². The Labute approximate surface area is 208 Å². The van der Waals surface area contributed by atoms with Gasteiger partial charge in [0.05, 0.1) is 24.0 Å². The van der Waals surface area contributed by atoms with Gasteiger partial charge in [-0.05, 0) is 49.6 Å². The zero-order valence-electron chi connectivity index (χ0n) is 20.4. The summed E-state index contributed by atoms with van der Waals surface area (Å²) in [4.78, 5) is 36.9. The lowest BCUT2D eigenvalue weighted by Gasteiger charge is -2.21. The van der Waals surface area contributed by atoms with Gasteiger partial charge in [0.25, 0.3) is 11.5 Å². The van der Waals surface area contributed by atoms with Crippen molar-refractivity contribution in [1.82, 2.24) is 14.9 Å². The second-order valence-electron chi connectivity index (χ2n) is 8.15. The standard InChI is InChI=1S/C27H29N3O4S/c1-5-30(16-19-12-13-20(34-6-2)21(14-19)33-4)27(32)24-17(3)23-25(31)28-22(29-26(23)35-24)15-18-10-8-7-9-11-18/h7-14H,5-6,15-16H2,1-4H3,(H,28,29,31). The number of hydrogen-bond donors (Lipinski definition) is 1. The van der Waals surface area contributed by atoms with E-state index in [-0.39, 0.29) is 11.5 Å². The molecule has 0 bridgehead atoms. The Bertz CT molecular complexity index is 1400. The Kier molecular flexibility index (Phi) is 7.51.